The molecule has 0 saturated carbocycles. The van der Waals surface area contributed by atoms with Crippen LogP contribution >= 0.6 is 0 Å². The Bertz CT molecular complexity index is 1590. The van der Waals surface area contributed by atoms with Gasteiger partial charge in [-0.15, -0.1) is 0 Å². The van der Waals surface area contributed by atoms with Crippen LogP contribution in [-0.2, 0) is 22.7 Å². The fourth-order valence-electron chi connectivity index (χ4n) is 4.99. The van der Waals surface area contributed by atoms with Gasteiger partial charge in [0.15, 0.2) is 5.78 Å². The summed E-state index contributed by atoms with van der Waals surface area (Å²) >= 11 is 0. The first-order valence-corrected chi connectivity index (χ1v) is 15.5. The number of nitrogens with one attached hydrogen (secondary N) is 2. The molecule has 45 heavy (non-hydrogen) atoms. The first-order valence-electron chi connectivity index (χ1n) is 15.5. The lowest BCUT2D eigenvalue weighted by Gasteiger charge is -2.19. The van der Waals surface area contributed by atoms with E-state index in [2.05, 4.69) is 85.1 Å². The summed E-state index contributed by atoms with van der Waals surface area (Å²) in [6.07, 6.45) is 0.192. The molecule has 4 aromatic carbocycles. The summed E-state index contributed by atoms with van der Waals surface area (Å²) < 4.78 is 0. The minimum Gasteiger partial charge on any atom is -0.322 e. The minimum atomic E-state index is -0.298. The summed E-state index contributed by atoms with van der Waals surface area (Å²) in [5, 5.41) is 5.87. The molecule has 5 heteroatoms. The van der Waals surface area contributed by atoms with Gasteiger partial charge in [0.1, 0.15) is 0 Å². The van der Waals surface area contributed by atoms with Gasteiger partial charge in [-0.2, -0.15) is 0 Å². The van der Waals surface area contributed by atoms with Crippen molar-refractivity contribution in [2.24, 2.45) is 0 Å². The number of Topliss-reactive ketones (excluding diaryl/α,β-unsaturated/α-hetero) is 1. The van der Waals surface area contributed by atoms with Crippen LogP contribution in [0.2, 0.25) is 0 Å². The molecule has 0 heterocycles. The van der Waals surface area contributed by atoms with Gasteiger partial charge in [-0.1, -0.05) is 111 Å². The van der Waals surface area contributed by atoms with Gasteiger partial charge in [0, 0.05) is 34.5 Å². The molecule has 0 saturated heterocycles. The highest BCUT2D eigenvalue weighted by atomic mass is 16.2. The first kappa shape index (κ1) is 33.4. The molecule has 2 amide bonds. The highest BCUT2D eigenvalue weighted by Gasteiger charge is 2.19. The fraction of sp³-hybridized carbons (Fsp3) is 0.325. The average Bonchev–Trinajstić information content (AvgIpc) is 2.96. The Hall–Kier alpha value is -4.51. The fourth-order valence-corrected chi connectivity index (χ4v) is 4.99. The Labute approximate surface area is 268 Å². The summed E-state index contributed by atoms with van der Waals surface area (Å²) in [5.74, 6) is -0.713. The summed E-state index contributed by atoms with van der Waals surface area (Å²) in [5.41, 5.74) is 6.55. The van der Waals surface area contributed by atoms with E-state index >= 15 is 0 Å². The lowest BCUT2D eigenvalue weighted by Crippen LogP contribution is -2.17. The van der Waals surface area contributed by atoms with E-state index < -0.39 is 0 Å². The molecule has 4 rings (SSSR count). The van der Waals surface area contributed by atoms with Gasteiger partial charge in [-0.3, -0.25) is 14.4 Å². The number of anilines is 2. The maximum Gasteiger partial charge on any atom is 0.255 e. The molecular weight excluding hydrogens is 556 g/mol. The quantitative estimate of drug-likeness (QED) is 0.207. The van der Waals surface area contributed by atoms with Gasteiger partial charge in [-0.25, -0.2) is 0 Å². The molecular formula is C40H46N2O3. The van der Waals surface area contributed by atoms with Crippen LogP contribution in [0.15, 0.2) is 91.0 Å². The van der Waals surface area contributed by atoms with E-state index in [1.807, 2.05) is 36.4 Å². The van der Waals surface area contributed by atoms with Crippen molar-refractivity contribution in [1.82, 2.24) is 0 Å². The van der Waals surface area contributed by atoms with E-state index in [4.69, 9.17) is 0 Å². The van der Waals surface area contributed by atoms with Gasteiger partial charge < -0.3 is 10.6 Å². The SMILES string of the molecule is CC(C)(C)c1ccc(CC(=O)c2cc(NC(=O)c3ccc(C(C)(C)C)cc3)cc(NC(=O)c3ccc(C(C)(C)C)cc3)c2)cc1. The Balaban J connectivity index is 1.61. The van der Waals surface area contributed by atoms with Crippen molar-refractivity contribution in [3.05, 3.63) is 130 Å². The van der Waals surface area contributed by atoms with Gasteiger partial charge in [0.2, 0.25) is 0 Å². The normalized spacial score (nSPS) is 12.0. The molecule has 0 aliphatic carbocycles. The molecule has 0 radical (unpaired) electrons. The minimum absolute atomic E-state index is 0.0162. The zero-order valence-corrected chi connectivity index (χ0v) is 28.1. The molecule has 0 aromatic heterocycles. The number of rotatable bonds is 7. The molecule has 234 valence electrons. The Morgan fingerprint density at radius 2 is 0.800 bits per heavy atom. The zero-order chi connectivity index (χ0) is 33.2. The monoisotopic (exact) mass is 602 g/mol. The average molecular weight is 603 g/mol. The number of benzene rings is 4. The van der Waals surface area contributed by atoms with Crippen molar-refractivity contribution in [3.8, 4) is 0 Å². The largest absolute Gasteiger partial charge is 0.322 e. The number of amides is 2. The smallest absolute Gasteiger partial charge is 0.255 e. The van der Waals surface area contributed by atoms with Gasteiger partial charge in [0.05, 0.1) is 0 Å². The van der Waals surface area contributed by atoms with Crippen LogP contribution in [0.3, 0.4) is 0 Å². The highest BCUT2D eigenvalue weighted by Crippen LogP contribution is 2.27. The van der Waals surface area contributed by atoms with Crippen LogP contribution in [0.4, 0.5) is 11.4 Å². The Morgan fingerprint density at radius 3 is 1.13 bits per heavy atom. The lowest BCUT2D eigenvalue weighted by atomic mass is 9.86. The molecule has 4 aromatic rings. The molecule has 0 aliphatic heterocycles. The van der Waals surface area contributed by atoms with E-state index in [1.54, 1.807) is 42.5 Å². The third kappa shape index (κ3) is 8.78. The predicted molar refractivity (Wildman–Crippen MR) is 186 cm³/mol. The summed E-state index contributed by atoms with van der Waals surface area (Å²) in [7, 11) is 0. The highest BCUT2D eigenvalue weighted by molar-refractivity contribution is 6.08. The number of carbonyl (C=O) groups excluding carboxylic acids is 3. The molecule has 5 nitrogen and oxygen atoms in total. The number of hydrogen-bond donors (Lipinski definition) is 2. The maximum absolute atomic E-state index is 13.5. The second-order valence-corrected chi connectivity index (χ2v) is 14.9. The third-order valence-electron chi connectivity index (χ3n) is 7.98. The zero-order valence-electron chi connectivity index (χ0n) is 28.1. The molecule has 2 N–H and O–H groups in total. The van der Waals surface area contributed by atoms with Crippen LogP contribution in [0.5, 0.6) is 0 Å². The van der Waals surface area contributed by atoms with E-state index in [0.29, 0.717) is 28.1 Å². The Morgan fingerprint density at radius 1 is 0.467 bits per heavy atom. The second kappa shape index (κ2) is 12.8. The van der Waals surface area contributed by atoms with Crippen molar-refractivity contribution in [3.63, 3.8) is 0 Å². The topological polar surface area (TPSA) is 75.3 Å². The summed E-state index contributed by atoms with van der Waals surface area (Å²) in [6, 6.07) is 28.1. The van der Waals surface area contributed by atoms with Crippen LogP contribution < -0.4 is 10.6 Å². The molecule has 0 aliphatic rings. The summed E-state index contributed by atoms with van der Waals surface area (Å²) in [6.45, 7) is 19.2. The second-order valence-electron chi connectivity index (χ2n) is 14.9. The van der Waals surface area contributed by atoms with Crippen molar-refractivity contribution < 1.29 is 14.4 Å². The molecule has 0 atom stereocenters. The van der Waals surface area contributed by atoms with Crippen molar-refractivity contribution in [1.29, 1.82) is 0 Å². The van der Waals surface area contributed by atoms with Gasteiger partial charge >= 0.3 is 0 Å². The van der Waals surface area contributed by atoms with Crippen LogP contribution in [-0.4, -0.2) is 17.6 Å². The molecule has 0 spiro atoms. The number of carbonyl (C=O) groups is 3. The number of hydrogen-bond acceptors (Lipinski definition) is 3. The molecule has 0 fully saturated rings. The van der Waals surface area contributed by atoms with E-state index in [1.165, 1.54) is 5.56 Å². The summed E-state index contributed by atoms with van der Waals surface area (Å²) in [4.78, 5) is 40.0. The maximum atomic E-state index is 13.5. The van der Waals surface area contributed by atoms with Gasteiger partial charge in [0.25, 0.3) is 11.8 Å². The first-order chi connectivity index (χ1) is 20.9. The van der Waals surface area contributed by atoms with Crippen molar-refractivity contribution in [2.45, 2.75) is 85.0 Å². The van der Waals surface area contributed by atoms with E-state index in [0.717, 1.165) is 16.7 Å². The number of ketones is 1. The van der Waals surface area contributed by atoms with E-state index in [-0.39, 0.29) is 40.3 Å². The molecule has 0 unspecified atom stereocenters. The van der Waals surface area contributed by atoms with Crippen molar-refractivity contribution in [2.75, 3.05) is 10.6 Å². The van der Waals surface area contributed by atoms with E-state index in [9.17, 15) is 14.4 Å². The predicted octanol–water partition coefficient (Wildman–Crippen LogP) is 9.51. The van der Waals surface area contributed by atoms with Crippen LogP contribution in [0.25, 0.3) is 0 Å². The molecule has 0 bridgehead atoms. The van der Waals surface area contributed by atoms with Crippen LogP contribution in [0, 0.1) is 0 Å². The standard InChI is InChI=1S/C40H46N2O3/c1-38(2,3)30-16-10-26(11-17-30)22-35(43)29-23-33(41-36(44)27-12-18-31(19-13-27)39(4,5)6)25-34(24-29)42-37(45)28-14-20-32(21-15-28)40(7,8)9/h10-21,23-25H,22H2,1-9H3,(H,41,44)(H,42,45). The van der Waals surface area contributed by atoms with Crippen LogP contribution in [0.1, 0.15) is 116 Å². The van der Waals surface area contributed by atoms with Gasteiger partial charge in [-0.05, 0) is 81.0 Å². The third-order valence-corrected chi connectivity index (χ3v) is 7.98. The Kier molecular flexibility index (Phi) is 9.53. The lowest BCUT2D eigenvalue weighted by molar-refractivity contribution is 0.0988. The van der Waals surface area contributed by atoms with Crippen molar-refractivity contribution >= 4 is 29.0 Å².